The minimum atomic E-state index is -0.721. The Balaban J connectivity index is 0.000000211. The third-order valence-electron chi connectivity index (χ3n) is 6.63. The number of carboxylic acid groups (broad SMARTS) is 2. The average Bonchev–Trinajstić information content (AvgIpc) is 2.88. The van der Waals surface area contributed by atoms with Crippen LogP contribution in [0.25, 0.3) is 21.7 Å². The number of aliphatic carboxylic acids is 2. The van der Waals surface area contributed by atoms with Crippen LogP contribution in [-0.2, 0) is 22.4 Å². The van der Waals surface area contributed by atoms with E-state index in [2.05, 4.69) is 37.7 Å². The molecule has 6 heteroatoms. The second-order valence-electron chi connectivity index (χ2n) is 10.7. The van der Waals surface area contributed by atoms with Crippen molar-refractivity contribution in [3.63, 3.8) is 0 Å². The normalized spacial score (nSPS) is 12.8. The maximum atomic E-state index is 11.4. The molecule has 2 aromatic carbocycles. The van der Waals surface area contributed by atoms with Gasteiger partial charge in [-0.15, -0.1) is 0 Å². The first-order valence-electron chi connectivity index (χ1n) is 13.3. The van der Waals surface area contributed by atoms with Crippen LogP contribution in [0.3, 0.4) is 0 Å². The summed E-state index contributed by atoms with van der Waals surface area (Å²) in [6.07, 6.45) is 7.87. The number of fused-ring (bicyclic) bond motifs is 2. The van der Waals surface area contributed by atoms with Crippen LogP contribution >= 0.6 is 0 Å². The van der Waals surface area contributed by atoms with Gasteiger partial charge < -0.3 is 10.2 Å². The highest BCUT2D eigenvalue weighted by Gasteiger charge is 2.21. The number of benzene rings is 2. The summed E-state index contributed by atoms with van der Waals surface area (Å²) in [7, 11) is 0. The van der Waals surface area contributed by atoms with E-state index in [1.165, 1.54) is 0 Å². The van der Waals surface area contributed by atoms with Gasteiger partial charge in [0.25, 0.3) is 0 Å². The average molecular weight is 515 g/mol. The number of carbonyl (C=O) groups is 2. The van der Waals surface area contributed by atoms with Crippen LogP contribution in [0.5, 0.6) is 0 Å². The number of carboxylic acids is 2. The molecule has 0 aliphatic carbocycles. The van der Waals surface area contributed by atoms with Crippen molar-refractivity contribution in [3.8, 4) is 0 Å². The number of para-hydroxylation sites is 1. The Bertz CT molecular complexity index is 1250. The molecule has 4 rings (SSSR count). The first-order valence-corrected chi connectivity index (χ1v) is 13.3. The predicted molar refractivity (Wildman–Crippen MR) is 152 cm³/mol. The third-order valence-corrected chi connectivity index (χ3v) is 6.63. The lowest BCUT2D eigenvalue weighted by Gasteiger charge is -2.15. The molecule has 2 N–H and O–H groups in total. The van der Waals surface area contributed by atoms with Crippen molar-refractivity contribution >= 4 is 33.6 Å². The Labute approximate surface area is 224 Å². The summed E-state index contributed by atoms with van der Waals surface area (Å²) in [5, 5.41) is 21.9. The molecule has 0 saturated heterocycles. The quantitative estimate of drug-likeness (QED) is 0.235. The molecule has 2 unspecified atom stereocenters. The van der Waals surface area contributed by atoms with Crippen LogP contribution in [0.15, 0.2) is 73.2 Å². The molecule has 2 aromatic heterocycles. The highest BCUT2D eigenvalue weighted by Crippen LogP contribution is 2.24. The van der Waals surface area contributed by atoms with E-state index >= 15 is 0 Å². The summed E-state index contributed by atoms with van der Waals surface area (Å²) >= 11 is 0. The highest BCUT2D eigenvalue weighted by atomic mass is 16.4. The summed E-state index contributed by atoms with van der Waals surface area (Å²) in [5.74, 6) is -1.34. The lowest BCUT2D eigenvalue weighted by atomic mass is 9.90. The van der Waals surface area contributed by atoms with Gasteiger partial charge in [0.1, 0.15) is 0 Å². The van der Waals surface area contributed by atoms with E-state index in [0.717, 1.165) is 32.8 Å². The first kappa shape index (κ1) is 28.8. The second-order valence-corrected chi connectivity index (χ2v) is 10.7. The molecule has 200 valence electrons. The van der Waals surface area contributed by atoms with Crippen molar-refractivity contribution in [1.29, 1.82) is 0 Å². The lowest BCUT2D eigenvalue weighted by molar-refractivity contribution is -0.143. The van der Waals surface area contributed by atoms with Gasteiger partial charge in [0.2, 0.25) is 0 Å². The molecule has 0 aliphatic heterocycles. The number of rotatable bonds is 10. The molecular weight excluding hydrogens is 476 g/mol. The standard InChI is InChI=1S/2C16H19NO2/c1-11(2)7-13(16(18)19)8-14-10-17-9-12-5-3-4-6-15(12)14;1-11(2)9-13(16(18)19)10-12-7-8-17-15-6-4-3-5-14(12)15/h3-6,9-11,13H,7-8H2,1-2H3,(H,18,19);3-8,11,13H,9-10H2,1-2H3,(H,18,19). The van der Waals surface area contributed by atoms with Crippen molar-refractivity contribution in [2.24, 2.45) is 23.7 Å². The molecule has 0 saturated carbocycles. The minimum absolute atomic E-state index is 0.328. The molecule has 0 amide bonds. The topological polar surface area (TPSA) is 100 Å². The molecule has 2 atom stereocenters. The fourth-order valence-electron chi connectivity index (χ4n) is 4.89. The largest absolute Gasteiger partial charge is 0.481 e. The maximum absolute atomic E-state index is 11.4. The van der Waals surface area contributed by atoms with E-state index in [-0.39, 0.29) is 11.8 Å². The van der Waals surface area contributed by atoms with E-state index in [1.54, 1.807) is 12.4 Å². The van der Waals surface area contributed by atoms with Crippen LogP contribution < -0.4 is 0 Å². The zero-order chi connectivity index (χ0) is 27.7. The third kappa shape index (κ3) is 8.10. The van der Waals surface area contributed by atoms with Gasteiger partial charge in [-0.25, -0.2) is 0 Å². The second kappa shape index (κ2) is 13.7. The molecule has 38 heavy (non-hydrogen) atoms. The molecule has 0 spiro atoms. The Morgan fingerprint density at radius 2 is 1.26 bits per heavy atom. The fraction of sp³-hybridized carbons (Fsp3) is 0.375. The Kier molecular flexibility index (Phi) is 10.3. The summed E-state index contributed by atoms with van der Waals surface area (Å²) in [4.78, 5) is 31.2. The van der Waals surface area contributed by atoms with Gasteiger partial charge in [0, 0.05) is 29.4 Å². The van der Waals surface area contributed by atoms with E-state index < -0.39 is 11.9 Å². The highest BCUT2D eigenvalue weighted by molar-refractivity contribution is 5.85. The van der Waals surface area contributed by atoms with Gasteiger partial charge in [0.05, 0.1) is 17.4 Å². The zero-order valence-electron chi connectivity index (χ0n) is 22.7. The Morgan fingerprint density at radius 3 is 1.87 bits per heavy atom. The Hall–Kier alpha value is -3.80. The fourth-order valence-corrected chi connectivity index (χ4v) is 4.89. The summed E-state index contributed by atoms with van der Waals surface area (Å²) < 4.78 is 0. The smallest absolute Gasteiger partial charge is 0.306 e. The zero-order valence-corrected chi connectivity index (χ0v) is 22.7. The summed E-state index contributed by atoms with van der Waals surface area (Å²) in [6, 6.07) is 17.8. The van der Waals surface area contributed by atoms with E-state index in [1.807, 2.05) is 60.8 Å². The molecule has 0 fully saturated rings. The van der Waals surface area contributed by atoms with Crippen molar-refractivity contribution in [3.05, 3.63) is 84.3 Å². The van der Waals surface area contributed by atoms with Crippen molar-refractivity contribution < 1.29 is 19.8 Å². The SMILES string of the molecule is CC(C)CC(Cc1ccnc2ccccc12)C(=O)O.CC(C)CC(Cc1cncc2ccccc12)C(=O)O. The van der Waals surface area contributed by atoms with Crippen LogP contribution in [0.4, 0.5) is 0 Å². The Morgan fingerprint density at radius 1 is 0.711 bits per heavy atom. The molecule has 0 bridgehead atoms. The number of hydrogen-bond acceptors (Lipinski definition) is 4. The summed E-state index contributed by atoms with van der Waals surface area (Å²) in [6.45, 7) is 8.22. The van der Waals surface area contributed by atoms with Gasteiger partial charge in [0.15, 0.2) is 0 Å². The molecule has 6 nitrogen and oxygen atoms in total. The molecular formula is C32H38N2O4. The summed E-state index contributed by atoms with van der Waals surface area (Å²) in [5.41, 5.74) is 3.01. The lowest BCUT2D eigenvalue weighted by Crippen LogP contribution is -2.18. The van der Waals surface area contributed by atoms with Crippen LogP contribution in [-0.4, -0.2) is 32.1 Å². The van der Waals surface area contributed by atoms with Crippen molar-refractivity contribution in [2.45, 2.75) is 53.4 Å². The minimum Gasteiger partial charge on any atom is -0.481 e. The number of aromatic nitrogens is 2. The molecule has 0 aliphatic rings. The van der Waals surface area contributed by atoms with Gasteiger partial charge >= 0.3 is 11.9 Å². The van der Waals surface area contributed by atoms with E-state index in [0.29, 0.717) is 37.5 Å². The number of pyridine rings is 2. The van der Waals surface area contributed by atoms with Crippen molar-refractivity contribution in [1.82, 2.24) is 9.97 Å². The maximum Gasteiger partial charge on any atom is 0.306 e. The first-order chi connectivity index (χ1) is 18.2. The van der Waals surface area contributed by atoms with Crippen molar-refractivity contribution in [2.75, 3.05) is 0 Å². The molecule has 2 heterocycles. The van der Waals surface area contributed by atoms with Gasteiger partial charge in [-0.05, 0) is 66.2 Å². The number of hydrogen-bond donors (Lipinski definition) is 2. The van der Waals surface area contributed by atoms with E-state index in [4.69, 9.17) is 0 Å². The van der Waals surface area contributed by atoms with E-state index in [9.17, 15) is 19.8 Å². The van der Waals surface area contributed by atoms with Crippen LogP contribution in [0.2, 0.25) is 0 Å². The molecule has 4 aromatic rings. The van der Waals surface area contributed by atoms with Gasteiger partial charge in [-0.2, -0.15) is 0 Å². The van der Waals surface area contributed by atoms with Gasteiger partial charge in [-0.3, -0.25) is 19.6 Å². The van der Waals surface area contributed by atoms with Crippen LogP contribution in [0.1, 0.15) is 51.7 Å². The monoisotopic (exact) mass is 514 g/mol. The molecule has 0 radical (unpaired) electrons. The van der Waals surface area contributed by atoms with Crippen LogP contribution in [0, 0.1) is 23.7 Å². The van der Waals surface area contributed by atoms with Gasteiger partial charge in [-0.1, -0.05) is 70.2 Å². The predicted octanol–water partition coefficient (Wildman–Crippen LogP) is 7.05. The number of nitrogens with zero attached hydrogens (tertiary/aromatic N) is 2.